The van der Waals surface area contributed by atoms with Crippen LogP contribution in [0.5, 0.6) is 5.75 Å². The number of nitrogen functional groups attached to an aromatic ring is 1. The Labute approximate surface area is 112 Å². The lowest BCUT2D eigenvalue weighted by atomic mass is 10.0. The first-order valence-electron chi connectivity index (χ1n) is 6.19. The zero-order valence-corrected chi connectivity index (χ0v) is 10.9. The summed E-state index contributed by atoms with van der Waals surface area (Å²) in [6.07, 6.45) is 2.26. The molecule has 4 nitrogen and oxygen atoms in total. The van der Waals surface area contributed by atoms with Crippen molar-refractivity contribution in [3.05, 3.63) is 53.7 Å². The molecule has 2 aromatic rings. The maximum absolute atomic E-state index is 10.1. The fourth-order valence-electron chi connectivity index (χ4n) is 1.98. The molecule has 0 amide bonds. The first-order chi connectivity index (χ1) is 9.19. The molecule has 0 radical (unpaired) electrons. The number of rotatable bonds is 5. The van der Waals surface area contributed by atoms with E-state index in [-0.39, 0.29) is 0 Å². The van der Waals surface area contributed by atoms with Crippen molar-refractivity contribution in [2.45, 2.75) is 18.9 Å². The largest absolute Gasteiger partial charge is 0.497 e. The number of anilines is 1. The van der Waals surface area contributed by atoms with Gasteiger partial charge in [0.2, 0.25) is 0 Å². The molecule has 1 aromatic heterocycles. The van der Waals surface area contributed by atoms with Gasteiger partial charge in [-0.2, -0.15) is 0 Å². The summed E-state index contributed by atoms with van der Waals surface area (Å²) in [5.74, 6) is 1.30. The summed E-state index contributed by atoms with van der Waals surface area (Å²) in [7, 11) is 1.63. The van der Waals surface area contributed by atoms with Gasteiger partial charge < -0.3 is 15.6 Å². The summed E-state index contributed by atoms with van der Waals surface area (Å²) < 4.78 is 5.10. The van der Waals surface area contributed by atoms with Gasteiger partial charge in [0, 0.05) is 12.6 Å². The van der Waals surface area contributed by atoms with Crippen molar-refractivity contribution in [3.8, 4) is 5.75 Å². The highest BCUT2D eigenvalue weighted by Crippen LogP contribution is 2.15. The van der Waals surface area contributed by atoms with Crippen LogP contribution in [0, 0.1) is 0 Å². The molecule has 1 atom stereocenters. The highest BCUT2D eigenvalue weighted by molar-refractivity contribution is 5.39. The van der Waals surface area contributed by atoms with Crippen LogP contribution in [0.3, 0.4) is 0 Å². The Morgan fingerprint density at radius 1 is 1.21 bits per heavy atom. The summed E-state index contributed by atoms with van der Waals surface area (Å²) in [5, 5.41) is 10.1. The third-order valence-electron chi connectivity index (χ3n) is 3.01. The fourth-order valence-corrected chi connectivity index (χ4v) is 1.98. The number of nitrogens with two attached hydrogens (primary N) is 1. The average molecular weight is 258 g/mol. The number of methoxy groups -OCH3 is 1. The molecule has 0 saturated carbocycles. The minimum atomic E-state index is -0.472. The lowest BCUT2D eigenvalue weighted by Crippen LogP contribution is -2.15. The summed E-state index contributed by atoms with van der Waals surface area (Å²) in [4.78, 5) is 4.01. The van der Waals surface area contributed by atoms with E-state index in [4.69, 9.17) is 10.5 Å². The molecule has 0 bridgehead atoms. The lowest BCUT2D eigenvalue weighted by molar-refractivity contribution is 0.175. The van der Waals surface area contributed by atoms with Crippen LogP contribution in [0.1, 0.15) is 11.1 Å². The molecule has 0 aliphatic carbocycles. The minimum absolute atomic E-state index is 0.472. The zero-order valence-electron chi connectivity index (χ0n) is 10.9. The summed E-state index contributed by atoms with van der Waals surface area (Å²) in [6, 6.07) is 11.4. The first kappa shape index (κ1) is 13.4. The molecule has 0 fully saturated rings. The molecule has 100 valence electrons. The third-order valence-corrected chi connectivity index (χ3v) is 3.01. The second-order valence-electron chi connectivity index (χ2n) is 4.46. The number of nitrogens with zero attached hydrogens (tertiary/aromatic N) is 1. The Bertz CT molecular complexity index is 526. The van der Waals surface area contributed by atoms with E-state index in [1.807, 2.05) is 36.4 Å². The van der Waals surface area contributed by atoms with Gasteiger partial charge in [-0.05, 0) is 35.7 Å². The van der Waals surface area contributed by atoms with E-state index in [9.17, 15) is 5.11 Å². The number of hydrogen-bond donors (Lipinski definition) is 2. The normalized spacial score (nSPS) is 12.1. The molecule has 0 aliphatic heterocycles. The van der Waals surface area contributed by atoms with Crippen LogP contribution in [0.25, 0.3) is 0 Å². The van der Waals surface area contributed by atoms with Crippen molar-refractivity contribution >= 4 is 5.82 Å². The molecule has 0 saturated heterocycles. The van der Waals surface area contributed by atoms with Crippen LogP contribution in [0.15, 0.2) is 42.6 Å². The molecule has 0 spiro atoms. The number of hydrogen-bond acceptors (Lipinski definition) is 4. The van der Waals surface area contributed by atoms with Crippen molar-refractivity contribution in [2.75, 3.05) is 12.8 Å². The molecule has 1 heterocycles. The van der Waals surface area contributed by atoms with Crippen LogP contribution in [0.2, 0.25) is 0 Å². The predicted octanol–water partition coefficient (Wildman–Crippen LogP) is 1.82. The summed E-state index contributed by atoms with van der Waals surface area (Å²) >= 11 is 0. The van der Waals surface area contributed by atoms with E-state index in [2.05, 4.69) is 4.98 Å². The van der Waals surface area contributed by atoms with Gasteiger partial charge in [-0.1, -0.05) is 18.2 Å². The Morgan fingerprint density at radius 3 is 2.58 bits per heavy atom. The van der Waals surface area contributed by atoms with Crippen LogP contribution in [-0.2, 0) is 12.8 Å². The highest BCUT2D eigenvalue weighted by atomic mass is 16.5. The Hall–Kier alpha value is -2.07. The van der Waals surface area contributed by atoms with E-state index in [0.29, 0.717) is 18.7 Å². The van der Waals surface area contributed by atoms with Gasteiger partial charge in [0.15, 0.2) is 0 Å². The smallest absolute Gasteiger partial charge is 0.126 e. The van der Waals surface area contributed by atoms with E-state index in [1.165, 1.54) is 0 Å². The summed E-state index contributed by atoms with van der Waals surface area (Å²) in [6.45, 7) is 0. The monoisotopic (exact) mass is 258 g/mol. The van der Waals surface area contributed by atoms with Gasteiger partial charge in [-0.3, -0.25) is 0 Å². The van der Waals surface area contributed by atoms with Crippen LogP contribution >= 0.6 is 0 Å². The quantitative estimate of drug-likeness (QED) is 0.858. The van der Waals surface area contributed by atoms with Gasteiger partial charge in [0.1, 0.15) is 11.6 Å². The molecule has 2 rings (SSSR count). The van der Waals surface area contributed by atoms with Gasteiger partial charge in [-0.15, -0.1) is 0 Å². The molecule has 1 aromatic carbocycles. The number of aromatic nitrogens is 1. The lowest BCUT2D eigenvalue weighted by Gasteiger charge is -2.12. The molecule has 0 aliphatic rings. The van der Waals surface area contributed by atoms with E-state index in [1.54, 1.807) is 13.3 Å². The minimum Gasteiger partial charge on any atom is -0.497 e. The van der Waals surface area contributed by atoms with Gasteiger partial charge in [0.25, 0.3) is 0 Å². The Morgan fingerprint density at radius 2 is 1.95 bits per heavy atom. The fraction of sp³-hybridized carbons (Fsp3) is 0.267. The number of aliphatic hydroxyl groups is 1. The average Bonchev–Trinajstić information content (AvgIpc) is 2.42. The number of aliphatic hydroxyl groups excluding tert-OH is 1. The summed E-state index contributed by atoms with van der Waals surface area (Å²) in [5.41, 5.74) is 7.71. The maximum Gasteiger partial charge on any atom is 0.126 e. The van der Waals surface area contributed by atoms with Crippen LogP contribution in [0.4, 0.5) is 5.82 Å². The van der Waals surface area contributed by atoms with Crippen molar-refractivity contribution in [2.24, 2.45) is 0 Å². The number of pyridine rings is 1. The van der Waals surface area contributed by atoms with Crippen molar-refractivity contribution < 1.29 is 9.84 Å². The van der Waals surface area contributed by atoms with Gasteiger partial charge >= 0.3 is 0 Å². The Balaban J connectivity index is 1.97. The molecule has 4 heteroatoms. The topological polar surface area (TPSA) is 68.4 Å². The van der Waals surface area contributed by atoms with E-state index in [0.717, 1.165) is 16.9 Å². The van der Waals surface area contributed by atoms with E-state index >= 15 is 0 Å². The number of benzene rings is 1. The molecular weight excluding hydrogens is 240 g/mol. The van der Waals surface area contributed by atoms with Crippen LogP contribution in [-0.4, -0.2) is 23.3 Å². The predicted molar refractivity (Wildman–Crippen MR) is 75.1 cm³/mol. The number of ether oxygens (including phenoxy) is 1. The molecule has 1 unspecified atom stereocenters. The van der Waals surface area contributed by atoms with Crippen molar-refractivity contribution in [3.63, 3.8) is 0 Å². The molecular formula is C15H18N2O2. The highest BCUT2D eigenvalue weighted by Gasteiger charge is 2.09. The van der Waals surface area contributed by atoms with Crippen molar-refractivity contribution in [1.82, 2.24) is 4.98 Å². The molecule has 19 heavy (non-hydrogen) atoms. The third kappa shape index (κ3) is 3.69. The second kappa shape index (κ2) is 6.20. The van der Waals surface area contributed by atoms with Gasteiger partial charge in [-0.25, -0.2) is 4.98 Å². The van der Waals surface area contributed by atoms with Gasteiger partial charge in [0.05, 0.1) is 13.2 Å². The van der Waals surface area contributed by atoms with Crippen molar-refractivity contribution in [1.29, 1.82) is 0 Å². The molecule has 3 N–H and O–H groups in total. The SMILES string of the molecule is COc1ccc(CC(O)Cc2cccnc2N)cc1. The van der Waals surface area contributed by atoms with E-state index < -0.39 is 6.10 Å². The standard InChI is InChI=1S/C15H18N2O2/c1-19-14-6-4-11(5-7-14)9-13(18)10-12-3-2-8-17-15(12)16/h2-8,13,18H,9-10H2,1H3,(H2,16,17). The maximum atomic E-state index is 10.1. The second-order valence-corrected chi connectivity index (χ2v) is 4.46. The first-order valence-corrected chi connectivity index (χ1v) is 6.19. The van der Waals surface area contributed by atoms with Crippen LogP contribution < -0.4 is 10.5 Å². The zero-order chi connectivity index (χ0) is 13.7. The Kier molecular flexibility index (Phi) is 4.36.